The van der Waals surface area contributed by atoms with E-state index in [0.29, 0.717) is 0 Å². The minimum absolute atomic E-state index is 0.852. The molecule has 0 aromatic carbocycles. The summed E-state index contributed by atoms with van der Waals surface area (Å²) in [5, 5.41) is 0. The fourth-order valence-electron chi connectivity index (χ4n) is 2.52. The molecule has 0 rings (SSSR count). The van der Waals surface area contributed by atoms with E-state index in [1.807, 2.05) is 0 Å². The molecule has 0 amide bonds. The second kappa shape index (κ2) is 25.0. The van der Waals surface area contributed by atoms with E-state index in [1.54, 1.807) is 0 Å². The van der Waals surface area contributed by atoms with Gasteiger partial charge in [0.15, 0.2) is 0 Å². The zero-order valence-electron chi connectivity index (χ0n) is 23.3. The molecule has 0 aliphatic carbocycles. The van der Waals surface area contributed by atoms with E-state index >= 15 is 0 Å². The highest BCUT2D eigenvalue weighted by Crippen LogP contribution is 2.13. The highest BCUT2D eigenvalue weighted by molar-refractivity contribution is 4.53. The van der Waals surface area contributed by atoms with Gasteiger partial charge in [0.2, 0.25) is 0 Å². The van der Waals surface area contributed by atoms with Crippen molar-refractivity contribution in [1.29, 1.82) is 0 Å². The molecule has 2 atom stereocenters. The molecule has 0 saturated carbocycles. The van der Waals surface area contributed by atoms with Crippen LogP contribution in [0.4, 0.5) is 0 Å². The van der Waals surface area contributed by atoms with Crippen LogP contribution in [0.5, 0.6) is 0 Å². The van der Waals surface area contributed by atoms with Gasteiger partial charge in [-0.25, -0.2) is 0 Å². The van der Waals surface area contributed by atoms with E-state index in [1.165, 1.54) is 38.5 Å². The molecular weight excluding hydrogens is 336 g/mol. The lowest BCUT2D eigenvalue weighted by molar-refractivity contribution is 0.429. The van der Waals surface area contributed by atoms with Crippen LogP contribution in [-0.2, 0) is 0 Å². The summed E-state index contributed by atoms with van der Waals surface area (Å²) < 4.78 is 0. The molecule has 0 heteroatoms. The van der Waals surface area contributed by atoms with Gasteiger partial charge in [-0.1, -0.05) is 130 Å². The minimum Gasteiger partial charge on any atom is -0.0654 e. The second-order valence-corrected chi connectivity index (χ2v) is 11.0. The van der Waals surface area contributed by atoms with Gasteiger partial charge in [0.05, 0.1) is 0 Å². The average molecular weight is 401 g/mol. The van der Waals surface area contributed by atoms with Crippen LogP contribution in [0.25, 0.3) is 0 Å². The van der Waals surface area contributed by atoms with E-state index in [2.05, 4.69) is 104 Å². The van der Waals surface area contributed by atoms with E-state index in [-0.39, 0.29) is 0 Å². The number of rotatable bonds is 9. The molecule has 176 valence electrons. The first-order valence-electron chi connectivity index (χ1n) is 12.7. The smallest absolute Gasteiger partial charge is 0.0443 e. The molecule has 0 nitrogen and oxygen atoms in total. The zero-order valence-corrected chi connectivity index (χ0v) is 23.3. The van der Waals surface area contributed by atoms with E-state index < -0.39 is 0 Å². The van der Waals surface area contributed by atoms with Gasteiger partial charge in [-0.3, -0.25) is 0 Å². The van der Waals surface area contributed by atoms with Crippen LogP contribution in [-0.4, -0.2) is 0 Å². The molecule has 0 N–H and O–H groups in total. The fourth-order valence-corrected chi connectivity index (χ4v) is 2.52. The monoisotopic (exact) mass is 401 g/mol. The highest BCUT2D eigenvalue weighted by Gasteiger charge is 2.00. The van der Waals surface area contributed by atoms with Gasteiger partial charge in [-0.2, -0.15) is 0 Å². The minimum atomic E-state index is 0.852. The standard InChI is InChI=1S/2C8H18.2C6H14/c2*1-5-8(4)6-7(2)3;1-5(2)6(3)4;1-4-5-6(2)3/h2*7-8H,5-6H2,1-4H3;5-6H,1-4H3;6H,4-5H2,1-3H3/t2*8-;;/m10../s1. The molecule has 28 heavy (non-hydrogen) atoms. The van der Waals surface area contributed by atoms with Crippen LogP contribution in [0, 0.1) is 41.4 Å². The Labute approximate surface area is 184 Å². The Morgan fingerprint density at radius 1 is 0.429 bits per heavy atom. The summed E-state index contributed by atoms with van der Waals surface area (Å²) in [7, 11) is 0. The van der Waals surface area contributed by atoms with Crippen LogP contribution < -0.4 is 0 Å². The summed E-state index contributed by atoms with van der Waals surface area (Å²) in [6.45, 7) is 34.0. The van der Waals surface area contributed by atoms with Crippen molar-refractivity contribution in [1.82, 2.24) is 0 Å². The molecule has 0 aliphatic heterocycles. The topological polar surface area (TPSA) is 0 Å². The highest BCUT2D eigenvalue weighted by atomic mass is 14.1. The number of hydrogen-bond acceptors (Lipinski definition) is 0. The molecule has 0 unspecified atom stereocenters. The maximum absolute atomic E-state index is 2.32. The van der Waals surface area contributed by atoms with Gasteiger partial charge < -0.3 is 0 Å². The quantitative estimate of drug-likeness (QED) is 0.361. The Balaban J connectivity index is -0.000000139. The Bertz CT molecular complexity index is 225. The van der Waals surface area contributed by atoms with Crippen molar-refractivity contribution < 1.29 is 0 Å². The van der Waals surface area contributed by atoms with Crippen molar-refractivity contribution in [2.24, 2.45) is 41.4 Å². The molecule has 0 radical (unpaired) electrons. The maximum Gasteiger partial charge on any atom is -0.0443 e. The SMILES string of the molecule is CC(C)C(C)C.CCCC(C)C.CC[C@@H](C)CC(C)C.CC[C@H](C)CC(C)C. The van der Waals surface area contributed by atoms with E-state index in [9.17, 15) is 0 Å². The van der Waals surface area contributed by atoms with Crippen LogP contribution in [0.2, 0.25) is 0 Å². The third kappa shape index (κ3) is 45.0. The molecule has 0 heterocycles. The first kappa shape index (κ1) is 35.4. The Hall–Kier alpha value is 0. The average Bonchev–Trinajstić information content (AvgIpc) is 2.54. The summed E-state index contributed by atoms with van der Waals surface area (Å²) >= 11 is 0. The summed E-state index contributed by atoms with van der Waals surface area (Å²) in [5.41, 5.74) is 0. The van der Waals surface area contributed by atoms with Crippen molar-refractivity contribution in [2.75, 3.05) is 0 Å². The predicted octanol–water partition coefficient (Wildman–Crippen LogP) is 10.9. The molecule has 0 aliphatic rings. The van der Waals surface area contributed by atoms with Gasteiger partial charge in [-0.15, -0.1) is 0 Å². The van der Waals surface area contributed by atoms with Crippen molar-refractivity contribution in [3.8, 4) is 0 Å². The van der Waals surface area contributed by atoms with Crippen LogP contribution in [0.1, 0.15) is 142 Å². The van der Waals surface area contributed by atoms with E-state index in [4.69, 9.17) is 0 Å². The summed E-state index contributed by atoms with van der Waals surface area (Å²) in [5.74, 6) is 6.21. The normalized spacial score (nSPS) is 12.9. The molecular formula is C28H64. The second-order valence-electron chi connectivity index (χ2n) is 11.0. The summed E-state index contributed by atoms with van der Waals surface area (Å²) in [4.78, 5) is 0. The first-order chi connectivity index (χ1) is 12.7. The largest absolute Gasteiger partial charge is 0.0654 e. The third-order valence-electron chi connectivity index (χ3n) is 5.34. The van der Waals surface area contributed by atoms with Gasteiger partial charge >= 0.3 is 0 Å². The molecule has 0 fully saturated rings. The van der Waals surface area contributed by atoms with Gasteiger partial charge in [0, 0.05) is 0 Å². The molecule has 0 aromatic rings. The van der Waals surface area contributed by atoms with Crippen LogP contribution in [0.15, 0.2) is 0 Å². The first-order valence-corrected chi connectivity index (χ1v) is 12.7. The Kier molecular flexibility index (Phi) is 31.7. The Morgan fingerprint density at radius 2 is 0.714 bits per heavy atom. The van der Waals surface area contributed by atoms with Crippen molar-refractivity contribution in [3.05, 3.63) is 0 Å². The van der Waals surface area contributed by atoms with Crippen molar-refractivity contribution >= 4 is 0 Å². The lowest BCUT2D eigenvalue weighted by Gasteiger charge is -2.09. The van der Waals surface area contributed by atoms with Gasteiger partial charge in [0.25, 0.3) is 0 Å². The van der Waals surface area contributed by atoms with Gasteiger partial charge in [0.1, 0.15) is 0 Å². The molecule has 0 saturated heterocycles. The summed E-state index contributed by atoms with van der Waals surface area (Å²) in [6.07, 6.45) is 8.14. The lowest BCUT2D eigenvalue weighted by Crippen LogP contribution is -1.97. The van der Waals surface area contributed by atoms with Crippen molar-refractivity contribution in [3.63, 3.8) is 0 Å². The zero-order chi connectivity index (χ0) is 23.3. The molecule has 0 aromatic heterocycles. The van der Waals surface area contributed by atoms with Crippen LogP contribution in [0.3, 0.4) is 0 Å². The Morgan fingerprint density at radius 3 is 0.750 bits per heavy atom. The van der Waals surface area contributed by atoms with Crippen molar-refractivity contribution in [2.45, 2.75) is 142 Å². The maximum atomic E-state index is 2.32. The third-order valence-corrected chi connectivity index (χ3v) is 5.34. The van der Waals surface area contributed by atoms with Crippen LogP contribution >= 0.6 is 0 Å². The predicted molar refractivity (Wildman–Crippen MR) is 137 cm³/mol. The van der Waals surface area contributed by atoms with E-state index in [0.717, 1.165) is 41.4 Å². The lowest BCUT2D eigenvalue weighted by atomic mass is 9.97. The number of hydrogen-bond donors (Lipinski definition) is 0. The van der Waals surface area contributed by atoms with Gasteiger partial charge in [-0.05, 0) is 54.3 Å². The fraction of sp³-hybridized carbons (Fsp3) is 1.00. The summed E-state index contributed by atoms with van der Waals surface area (Å²) in [6, 6.07) is 0. The molecule has 0 spiro atoms. The molecule has 0 bridgehead atoms.